The summed E-state index contributed by atoms with van der Waals surface area (Å²) >= 11 is 0. The molecule has 0 aromatic carbocycles. The van der Waals surface area contributed by atoms with Gasteiger partial charge in [0.1, 0.15) is 0 Å². The Balaban J connectivity index is 2.17. The van der Waals surface area contributed by atoms with Crippen LogP contribution in [-0.2, 0) is 13.6 Å². The number of likely N-dealkylation sites (N-methyl/N-ethyl adjacent to an activating group) is 1. The van der Waals surface area contributed by atoms with Crippen LogP contribution in [0, 0.1) is 11.3 Å². The lowest BCUT2D eigenvalue weighted by atomic mass is 9.84. The summed E-state index contributed by atoms with van der Waals surface area (Å²) in [6.07, 6.45) is 6.47. The molecule has 19 heavy (non-hydrogen) atoms. The molecule has 1 heterocycles. The van der Waals surface area contributed by atoms with Crippen LogP contribution in [0.25, 0.3) is 0 Å². The Morgan fingerprint density at radius 3 is 2.63 bits per heavy atom. The van der Waals surface area contributed by atoms with E-state index < -0.39 is 0 Å². The molecule has 0 spiro atoms. The maximum atomic E-state index is 6.18. The van der Waals surface area contributed by atoms with Crippen molar-refractivity contribution in [2.24, 2.45) is 24.1 Å². The largest absolute Gasteiger partial charge is 0.329 e. The first kappa shape index (κ1) is 14.5. The monoisotopic (exact) mass is 264 g/mol. The van der Waals surface area contributed by atoms with E-state index in [1.165, 1.54) is 18.4 Å². The first-order chi connectivity index (χ1) is 8.79. The smallest absolute Gasteiger partial charge is 0.0534 e. The summed E-state index contributed by atoms with van der Waals surface area (Å²) in [5.41, 5.74) is 7.95. The standard InChI is InChI=1S/C15H28N4/c1-12-6-14(2,3)10-15(12,11-16)18(4)8-13-7-17-19(5)9-13/h7,9,12H,6,8,10-11,16H2,1-5H3. The van der Waals surface area contributed by atoms with Gasteiger partial charge in [-0.15, -0.1) is 0 Å². The summed E-state index contributed by atoms with van der Waals surface area (Å²) in [6, 6.07) is 0. The molecule has 2 rings (SSSR count). The third-order valence-corrected chi connectivity index (χ3v) is 4.85. The van der Waals surface area contributed by atoms with Gasteiger partial charge >= 0.3 is 0 Å². The molecule has 1 aliphatic rings. The van der Waals surface area contributed by atoms with Crippen molar-refractivity contribution >= 4 is 0 Å². The van der Waals surface area contributed by atoms with Gasteiger partial charge in [0.05, 0.1) is 6.20 Å². The Morgan fingerprint density at radius 1 is 1.53 bits per heavy atom. The lowest BCUT2D eigenvalue weighted by molar-refractivity contribution is 0.0786. The summed E-state index contributed by atoms with van der Waals surface area (Å²) in [4.78, 5) is 2.45. The van der Waals surface area contributed by atoms with Crippen molar-refractivity contribution in [3.8, 4) is 0 Å². The first-order valence-electron chi connectivity index (χ1n) is 7.18. The Labute approximate surface area is 117 Å². The van der Waals surface area contributed by atoms with Crippen LogP contribution in [-0.4, -0.2) is 33.8 Å². The minimum absolute atomic E-state index is 0.124. The van der Waals surface area contributed by atoms with Crippen molar-refractivity contribution < 1.29 is 0 Å². The van der Waals surface area contributed by atoms with E-state index in [4.69, 9.17) is 5.73 Å². The zero-order valence-electron chi connectivity index (χ0n) is 13.0. The fraction of sp³-hybridized carbons (Fsp3) is 0.800. The second-order valence-electron chi connectivity index (χ2n) is 7.13. The quantitative estimate of drug-likeness (QED) is 0.905. The second kappa shape index (κ2) is 4.91. The van der Waals surface area contributed by atoms with Gasteiger partial charge in [-0.3, -0.25) is 9.58 Å². The van der Waals surface area contributed by atoms with E-state index in [0.29, 0.717) is 11.3 Å². The van der Waals surface area contributed by atoms with Crippen LogP contribution in [0.1, 0.15) is 39.2 Å². The highest BCUT2D eigenvalue weighted by Gasteiger charge is 2.49. The molecular formula is C15H28N4. The van der Waals surface area contributed by atoms with Crippen molar-refractivity contribution in [3.63, 3.8) is 0 Å². The molecule has 0 bridgehead atoms. The molecule has 0 aliphatic heterocycles. The molecule has 0 amide bonds. The number of aryl methyl sites for hydroxylation is 1. The molecule has 2 unspecified atom stereocenters. The van der Waals surface area contributed by atoms with Crippen molar-refractivity contribution in [2.45, 2.75) is 45.7 Å². The number of hydrogen-bond acceptors (Lipinski definition) is 3. The molecule has 4 heteroatoms. The number of hydrogen-bond donors (Lipinski definition) is 1. The van der Waals surface area contributed by atoms with Crippen molar-refractivity contribution in [2.75, 3.05) is 13.6 Å². The Kier molecular flexibility index (Phi) is 3.76. The normalized spacial score (nSPS) is 30.2. The average Bonchev–Trinajstić information content (AvgIpc) is 2.80. The summed E-state index contributed by atoms with van der Waals surface area (Å²) in [7, 11) is 4.17. The molecule has 108 valence electrons. The van der Waals surface area contributed by atoms with Crippen LogP contribution in [0.5, 0.6) is 0 Å². The number of nitrogens with zero attached hydrogens (tertiary/aromatic N) is 3. The Morgan fingerprint density at radius 2 is 2.21 bits per heavy atom. The van der Waals surface area contributed by atoms with Gasteiger partial charge in [-0.1, -0.05) is 20.8 Å². The predicted molar refractivity (Wildman–Crippen MR) is 78.6 cm³/mol. The fourth-order valence-corrected chi connectivity index (χ4v) is 4.02. The summed E-state index contributed by atoms with van der Waals surface area (Å²) in [5, 5.41) is 4.25. The maximum absolute atomic E-state index is 6.18. The zero-order chi connectivity index (χ0) is 14.3. The van der Waals surface area contributed by atoms with E-state index in [9.17, 15) is 0 Å². The predicted octanol–water partition coefficient (Wildman–Crippen LogP) is 2.01. The SMILES string of the molecule is CC1CC(C)(C)CC1(CN)N(C)Cc1cnn(C)c1. The van der Waals surface area contributed by atoms with Crippen LogP contribution in [0.3, 0.4) is 0 Å². The molecule has 1 fully saturated rings. The van der Waals surface area contributed by atoms with Gasteiger partial charge in [0.15, 0.2) is 0 Å². The van der Waals surface area contributed by atoms with E-state index in [2.05, 4.69) is 44.0 Å². The average molecular weight is 264 g/mol. The van der Waals surface area contributed by atoms with Crippen LogP contribution in [0.15, 0.2) is 12.4 Å². The second-order valence-corrected chi connectivity index (χ2v) is 7.13. The van der Waals surface area contributed by atoms with E-state index in [-0.39, 0.29) is 5.54 Å². The highest BCUT2D eigenvalue weighted by molar-refractivity contribution is 5.09. The number of aromatic nitrogens is 2. The van der Waals surface area contributed by atoms with Gasteiger partial charge < -0.3 is 5.73 Å². The molecule has 1 saturated carbocycles. The van der Waals surface area contributed by atoms with Crippen LogP contribution in [0.4, 0.5) is 0 Å². The van der Waals surface area contributed by atoms with Crippen molar-refractivity contribution in [1.29, 1.82) is 0 Å². The van der Waals surface area contributed by atoms with Gasteiger partial charge in [0.25, 0.3) is 0 Å². The van der Waals surface area contributed by atoms with Crippen molar-refractivity contribution in [1.82, 2.24) is 14.7 Å². The number of nitrogens with two attached hydrogens (primary N) is 1. The van der Waals surface area contributed by atoms with Crippen LogP contribution >= 0.6 is 0 Å². The summed E-state index contributed by atoms with van der Waals surface area (Å²) in [5.74, 6) is 0.633. The van der Waals surface area contributed by atoms with Gasteiger partial charge in [0.2, 0.25) is 0 Å². The molecule has 2 N–H and O–H groups in total. The topological polar surface area (TPSA) is 47.1 Å². The molecule has 4 nitrogen and oxygen atoms in total. The van der Waals surface area contributed by atoms with Crippen molar-refractivity contribution in [3.05, 3.63) is 18.0 Å². The van der Waals surface area contributed by atoms with Gasteiger partial charge in [-0.05, 0) is 31.2 Å². The molecular weight excluding hydrogens is 236 g/mol. The Hall–Kier alpha value is -0.870. The minimum Gasteiger partial charge on any atom is -0.329 e. The van der Waals surface area contributed by atoms with E-state index in [1.807, 2.05) is 17.9 Å². The van der Waals surface area contributed by atoms with Crippen LogP contribution in [0.2, 0.25) is 0 Å². The zero-order valence-corrected chi connectivity index (χ0v) is 13.0. The fourth-order valence-electron chi connectivity index (χ4n) is 4.02. The van der Waals surface area contributed by atoms with Gasteiger partial charge in [0, 0.05) is 37.4 Å². The summed E-state index contributed by atoms with van der Waals surface area (Å²) in [6.45, 7) is 8.72. The molecule has 0 radical (unpaired) electrons. The lowest BCUT2D eigenvalue weighted by Gasteiger charge is -2.42. The molecule has 2 atom stereocenters. The van der Waals surface area contributed by atoms with Gasteiger partial charge in [-0.25, -0.2) is 0 Å². The minimum atomic E-state index is 0.124. The molecule has 0 saturated heterocycles. The number of rotatable bonds is 4. The molecule has 1 aliphatic carbocycles. The van der Waals surface area contributed by atoms with E-state index >= 15 is 0 Å². The molecule has 1 aromatic rings. The summed E-state index contributed by atoms with van der Waals surface area (Å²) < 4.78 is 1.86. The Bertz CT molecular complexity index is 437. The molecule has 1 aromatic heterocycles. The highest BCUT2D eigenvalue weighted by Crippen LogP contribution is 2.49. The van der Waals surface area contributed by atoms with Gasteiger partial charge in [-0.2, -0.15) is 5.10 Å². The highest BCUT2D eigenvalue weighted by atomic mass is 15.3. The van der Waals surface area contributed by atoms with Crippen LogP contribution < -0.4 is 5.73 Å². The van der Waals surface area contributed by atoms with E-state index in [1.54, 1.807) is 0 Å². The third kappa shape index (κ3) is 2.70. The first-order valence-corrected chi connectivity index (χ1v) is 7.18. The maximum Gasteiger partial charge on any atom is 0.0534 e. The lowest BCUT2D eigenvalue weighted by Crippen LogP contribution is -2.53. The third-order valence-electron chi connectivity index (χ3n) is 4.85. The van der Waals surface area contributed by atoms with E-state index in [0.717, 1.165) is 13.1 Å².